The number of Topliss-reactive ketones (excluding diaryl/α,β-unsaturated/α-hetero) is 1. The smallest absolute Gasteiger partial charge is 0.230 e. The van der Waals surface area contributed by atoms with Crippen LogP contribution in [-0.2, 0) is 4.79 Å². The van der Waals surface area contributed by atoms with E-state index >= 15 is 0 Å². The van der Waals surface area contributed by atoms with Gasteiger partial charge in [0, 0.05) is 13.1 Å². The molecular weight excluding hydrogens is 222 g/mol. The van der Waals surface area contributed by atoms with Crippen molar-refractivity contribution in [2.45, 2.75) is 25.7 Å². The molecule has 86 valence electrons. The Hall–Kier alpha value is -1.16. The third-order valence-electron chi connectivity index (χ3n) is 2.82. The number of rotatable bonds is 3. The molecule has 0 aliphatic carbocycles. The lowest BCUT2D eigenvalue weighted by molar-refractivity contribution is -0.131. The largest absolute Gasteiger partial charge is 0.342 e. The Morgan fingerprint density at radius 3 is 2.62 bits per heavy atom. The molecule has 0 saturated carbocycles. The summed E-state index contributed by atoms with van der Waals surface area (Å²) in [7, 11) is 0. The van der Waals surface area contributed by atoms with Gasteiger partial charge < -0.3 is 4.90 Å². The predicted octanol–water partition coefficient (Wildman–Crippen LogP) is 2.33. The van der Waals surface area contributed by atoms with E-state index in [0.717, 1.165) is 25.9 Å². The quantitative estimate of drug-likeness (QED) is 0.597. The van der Waals surface area contributed by atoms with Crippen LogP contribution in [0.25, 0.3) is 0 Å². The zero-order valence-corrected chi connectivity index (χ0v) is 9.96. The van der Waals surface area contributed by atoms with E-state index in [4.69, 9.17) is 0 Å². The molecule has 0 N–H and O–H groups in total. The van der Waals surface area contributed by atoms with Crippen LogP contribution in [0.3, 0.4) is 0 Å². The lowest BCUT2D eigenvalue weighted by Gasteiger charge is -2.26. The molecular formula is C12H15NO2S. The summed E-state index contributed by atoms with van der Waals surface area (Å²) in [5.74, 6) is -0.0660. The summed E-state index contributed by atoms with van der Waals surface area (Å²) in [6.07, 6.45) is 3.36. The fraction of sp³-hybridized carbons (Fsp3) is 0.500. The summed E-state index contributed by atoms with van der Waals surface area (Å²) < 4.78 is 0. The maximum absolute atomic E-state index is 11.8. The molecule has 1 aliphatic rings. The van der Waals surface area contributed by atoms with Gasteiger partial charge in [0.15, 0.2) is 5.78 Å². The number of piperidine rings is 1. The molecule has 1 aliphatic heterocycles. The number of hydrogen-bond donors (Lipinski definition) is 0. The van der Waals surface area contributed by atoms with Crippen LogP contribution in [0, 0.1) is 0 Å². The number of likely N-dealkylation sites (tertiary alicyclic amines) is 1. The minimum atomic E-state index is -0.0504. The monoisotopic (exact) mass is 237 g/mol. The second-order valence-corrected chi connectivity index (χ2v) is 4.97. The summed E-state index contributed by atoms with van der Waals surface area (Å²) in [6.45, 7) is 1.63. The van der Waals surface area contributed by atoms with Gasteiger partial charge in [0.2, 0.25) is 5.91 Å². The Kier molecular flexibility index (Phi) is 3.72. The highest BCUT2D eigenvalue weighted by Crippen LogP contribution is 2.14. The van der Waals surface area contributed by atoms with Gasteiger partial charge in [0.25, 0.3) is 0 Å². The van der Waals surface area contributed by atoms with Gasteiger partial charge in [0.1, 0.15) is 0 Å². The summed E-state index contributed by atoms with van der Waals surface area (Å²) >= 11 is 1.40. The van der Waals surface area contributed by atoms with E-state index in [9.17, 15) is 9.59 Å². The number of hydrogen-bond acceptors (Lipinski definition) is 3. The van der Waals surface area contributed by atoms with Gasteiger partial charge in [-0.2, -0.15) is 0 Å². The Bertz CT molecular complexity index is 366. The Morgan fingerprint density at radius 2 is 2.00 bits per heavy atom. The van der Waals surface area contributed by atoms with E-state index in [1.165, 1.54) is 17.8 Å². The SMILES string of the molecule is O=C(CC(=O)N1CCCCC1)c1cccs1. The molecule has 1 amide bonds. The average molecular weight is 237 g/mol. The zero-order valence-electron chi connectivity index (χ0n) is 9.15. The number of nitrogens with zero attached hydrogens (tertiary/aromatic N) is 1. The zero-order chi connectivity index (χ0) is 11.4. The van der Waals surface area contributed by atoms with E-state index in [-0.39, 0.29) is 18.1 Å². The van der Waals surface area contributed by atoms with Crippen LogP contribution in [0.5, 0.6) is 0 Å². The lowest BCUT2D eigenvalue weighted by Crippen LogP contribution is -2.36. The molecule has 1 fully saturated rings. The van der Waals surface area contributed by atoms with Gasteiger partial charge in [-0.15, -0.1) is 11.3 Å². The molecule has 0 unspecified atom stereocenters. The number of carbonyl (C=O) groups excluding carboxylic acids is 2. The minimum Gasteiger partial charge on any atom is -0.342 e. The van der Waals surface area contributed by atoms with E-state index in [1.54, 1.807) is 6.07 Å². The maximum atomic E-state index is 11.8. The van der Waals surface area contributed by atoms with Crippen LogP contribution in [0.15, 0.2) is 17.5 Å². The van der Waals surface area contributed by atoms with Crippen LogP contribution < -0.4 is 0 Å². The first kappa shape index (κ1) is 11.3. The topological polar surface area (TPSA) is 37.4 Å². The van der Waals surface area contributed by atoms with Gasteiger partial charge in [-0.3, -0.25) is 9.59 Å². The molecule has 0 radical (unpaired) electrons. The standard InChI is InChI=1S/C12H15NO2S/c14-10(11-5-4-8-16-11)9-12(15)13-6-2-1-3-7-13/h4-5,8H,1-3,6-7,9H2. The van der Waals surface area contributed by atoms with Crippen LogP contribution >= 0.6 is 11.3 Å². The van der Waals surface area contributed by atoms with Crippen molar-refractivity contribution in [1.29, 1.82) is 0 Å². The first-order valence-corrected chi connectivity index (χ1v) is 6.50. The third kappa shape index (κ3) is 2.70. The van der Waals surface area contributed by atoms with Crippen molar-refractivity contribution in [2.24, 2.45) is 0 Å². The number of amides is 1. The fourth-order valence-corrected chi connectivity index (χ4v) is 2.58. The van der Waals surface area contributed by atoms with Crippen LogP contribution in [0.2, 0.25) is 0 Å². The third-order valence-corrected chi connectivity index (χ3v) is 3.73. The van der Waals surface area contributed by atoms with Gasteiger partial charge in [-0.1, -0.05) is 6.07 Å². The fourth-order valence-electron chi connectivity index (χ4n) is 1.92. The summed E-state index contributed by atoms with van der Waals surface area (Å²) in [5, 5.41) is 1.86. The summed E-state index contributed by atoms with van der Waals surface area (Å²) in [6, 6.07) is 3.61. The maximum Gasteiger partial charge on any atom is 0.230 e. The number of carbonyl (C=O) groups is 2. The van der Waals surface area contributed by atoms with Crippen molar-refractivity contribution in [2.75, 3.05) is 13.1 Å². The normalized spacial score (nSPS) is 16.1. The second kappa shape index (κ2) is 5.25. The van der Waals surface area contributed by atoms with Crippen molar-refractivity contribution < 1.29 is 9.59 Å². The van der Waals surface area contributed by atoms with Crippen molar-refractivity contribution in [3.05, 3.63) is 22.4 Å². The van der Waals surface area contributed by atoms with E-state index < -0.39 is 0 Å². The minimum absolute atomic E-state index is 0.0156. The average Bonchev–Trinajstić information content (AvgIpc) is 2.83. The molecule has 0 spiro atoms. The highest BCUT2D eigenvalue weighted by molar-refractivity contribution is 7.12. The summed E-state index contributed by atoms with van der Waals surface area (Å²) in [5.41, 5.74) is 0. The molecule has 1 aromatic rings. The van der Waals surface area contributed by atoms with Crippen LogP contribution in [0.1, 0.15) is 35.4 Å². The predicted molar refractivity (Wildman–Crippen MR) is 63.7 cm³/mol. The molecule has 0 atom stereocenters. The van der Waals surface area contributed by atoms with Crippen molar-refractivity contribution in [1.82, 2.24) is 4.90 Å². The van der Waals surface area contributed by atoms with E-state index in [2.05, 4.69) is 0 Å². The Morgan fingerprint density at radius 1 is 1.25 bits per heavy atom. The first-order chi connectivity index (χ1) is 7.77. The molecule has 16 heavy (non-hydrogen) atoms. The molecule has 0 aromatic carbocycles. The summed E-state index contributed by atoms with van der Waals surface area (Å²) in [4.78, 5) is 26.0. The van der Waals surface area contributed by atoms with Gasteiger partial charge in [0.05, 0.1) is 11.3 Å². The molecule has 2 heterocycles. The molecule has 3 nitrogen and oxygen atoms in total. The second-order valence-electron chi connectivity index (χ2n) is 4.02. The lowest BCUT2D eigenvalue weighted by atomic mass is 10.1. The molecule has 1 saturated heterocycles. The first-order valence-electron chi connectivity index (χ1n) is 5.62. The molecule has 2 rings (SSSR count). The van der Waals surface area contributed by atoms with Crippen molar-refractivity contribution in [3.63, 3.8) is 0 Å². The number of ketones is 1. The van der Waals surface area contributed by atoms with Crippen LogP contribution in [0.4, 0.5) is 0 Å². The van der Waals surface area contributed by atoms with Gasteiger partial charge in [-0.05, 0) is 30.7 Å². The van der Waals surface area contributed by atoms with E-state index in [1.807, 2.05) is 16.3 Å². The highest BCUT2D eigenvalue weighted by atomic mass is 32.1. The highest BCUT2D eigenvalue weighted by Gasteiger charge is 2.20. The van der Waals surface area contributed by atoms with Crippen molar-refractivity contribution in [3.8, 4) is 0 Å². The van der Waals surface area contributed by atoms with Crippen molar-refractivity contribution >= 4 is 23.0 Å². The Balaban J connectivity index is 1.89. The van der Waals surface area contributed by atoms with Crippen LogP contribution in [-0.4, -0.2) is 29.7 Å². The molecule has 0 bridgehead atoms. The molecule has 1 aromatic heterocycles. The van der Waals surface area contributed by atoms with E-state index in [0.29, 0.717) is 4.88 Å². The molecule has 4 heteroatoms. The Labute approximate surface area is 99.1 Å². The van der Waals surface area contributed by atoms with Gasteiger partial charge in [-0.25, -0.2) is 0 Å². The van der Waals surface area contributed by atoms with Gasteiger partial charge >= 0.3 is 0 Å². The number of thiophene rings is 1.